The summed E-state index contributed by atoms with van der Waals surface area (Å²) in [5, 5.41) is 1.11. The minimum atomic E-state index is -0.480. The number of aromatic amines is 1. The molecule has 144 valence electrons. The van der Waals surface area contributed by atoms with Crippen molar-refractivity contribution >= 4 is 22.7 Å². The normalized spacial score (nSPS) is 26.2. The lowest BCUT2D eigenvalue weighted by molar-refractivity contribution is -0.157. The van der Waals surface area contributed by atoms with E-state index < -0.39 is 6.04 Å². The molecule has 0 unspecified atom stereocenters. The Balaban J connectivity index is 1.61. The molecule has 0 bridgehead atoms. The minimum Gasteiger partial charge on any atom is -0.469 e. The highest BCUT2D eigenvalue weighted by molar-refractivity contribution is 5.97. The van der Waals surface area contributed by atoms with Crippen LogP contribution in [0.5, 0.6) is 0 Å². The van der Waals surface area contributed by atoms with Crippen LogP contribution >= 0.6 is 0 Å². The Morgan fingerprint density at radius 1 is 1.25 bits per heavy atom. The highest BCUT2D eigenvalue weighted by Crippen LogP contribution is 2.39. The average Bonchev–Trinajstić information content (AvgIpc) is 3.33. The van der Waals surface area contributed by atoms with Gasteiger partial charge in [0.25, 0.3) is 0 Å². The molecule has 0 spiro atoms. The number of allylic oxidation sites excluding steroid dienone is 2. The number of likely N-dealkylation sites (N-methyl/N-ethyl adjacent to an activating group) is 1. The van der Waals surface area contributed by atoms with E-state index in [1.807, 2.05) is 36.4 Å². The fourth-order valence-corrected chi connectivity index (χ4v) is 4.32. The predicted molar refractivity (Wildman–Crippen MR) is 102 cm³/mol. The Labute approximate surface area is 162 Å². The lowest BCUT2D eigenvalue weighted by Gasteiger charge is -2.45. The molecule has 2 saturated heterocycles. The van der Waals surface area contributed by atoms with Crippen molar-refractivity contribution in [2.45, 2.75) is 18.5 Å². The van der Waals surface area contributed by atoms with Gasteiger partial charge in [0.2, 0.25) is 11.8 Å². The van der Waals surface area contributed by atoms with Gasteiger partial charge in [0.1, 0.15) is 18.4 Å². The number of nitrogens with zero attached hydrogens (tertiary/aromatic N) is 2. The molecule has 0 radical (unpaired) electrons. The van der Waals surface area contributed by atoms with Crippen LogP contribution in [-0.2, 0) is 25.5 Å². The second kappa shape index (κ2) is 6.53. The van der Waals surface area contributed by atoms with Crippen LogP contribution in [0.3, 0.4) is 0 Å². The molecule has 5 rings (SSSR count). The fourth-order valence-electron chi connectivity index (χ4n) is 4.32. The predicted octanol–water partition coefficient (Wildman–Crippen LogP) is 1.88. The SMILES string of the molecule is CN1CC(=O)N2[C@H](Cc3c([nH]c4ccccc34)[C@H]2C=CC=C2COCO2)C1=O. The monoisotopic (exact) mass is 379 g/mol. The molecule has 2 atom stereocenters. The molecular weight excluding hydrogens is 358 g/mol. The molecule has 7 heteroatoms. The summed E-state index contributed by atoms with van der Waals surface area (Å²) in [5.74, 6) is 0.695. The smallest absolute Gasteiger partial charge is 0.245 e. The first-order chi connectivity index (χ1) is 13.6. The molecule has 2 amide bonds. The zero-order valence-corrected chi connectivity index (χ0v) is 15.6. The van der Waals surface area contributed by atoms with E-state index in [0.717, 1.165) is 27.9 Å². The summed E-state index contributed by atoms with van der Waals surface area (Å²) in [6.45, 7) is 0.817. The highest BCUT2D eigenvalue weighted by atomic mass is 16.7. The maximum Gasteiger partial charge on any atom is 0.245 e. The zero-order chi connectivity index (χ0) is 19.3. The first-order valence-electron chi connectivity index (χ1n) is 9.37. The number of fused-ring (bicyclic) bond motifs is 4. The molecule has 1 aromatic carbocycles. The van der Waals surface area contributed by atoms with Crippen molar-refractivity contribution < 1.29 is 19.1 Å². The number of ether oxygens (including phenoxy) is 2. The van der Waals surface area contributed by atoms with Crippen LogP contribution < -0.4 is 0 Å². The third kappa shape index (κ3) is 2.62. The fraction of sp³-hybridized carbons (Fsp3) is 0.333. The quantitative estimate of drug-likeness (QED) is 0.865. The van der Waals surface area contributed by atoms with Crippen molar-refractivity contribution in [1.82, 2.24) is 14.8 Å². The van der Waals surface area contributed by atoms with E-state index in [1.54, 1.807) is 11.9 Å². The van der Waals surface area contributed by atoms with Gasteiger partial charge in [-0.05, 0) is 17.7 Å². The maximum atomic E-state index is 12.9. The number of carbonyl (C=O) groups excluding carboxylic acids is 2. The Bertz CT molecular complexity index is 1010. The molecule has 2 fully saturated rings. The van der Waals surface area contributed by atoms with E-state index in [2.05, 4.69) is 11.1 Å². The number of H-pyrrole nitrogens is 1. The number of rotatable bonds is 2. The molecule has 28 heavy (non-hydrogen) atoms. The second-order valence-corrected chi connectivity index (χ2v) is 7.35. The van der Waals surface area contributed by atoms with Gasteiger partial charge in [0.05, 0.1) is 12.6 Å². The Morgan fingerprint density at radius 2 is 2.11 bits per heavy atom. The average molecular weight is 379 g/mol. The molecule has 1 aromatic heterocycles. The minimum absolute atomic E-state index is 0.0141. The molecular formula is C21H21N3O4. The van der Waals surface area contributed by atoms with E-state index in [4.69, 9.17) is 9.47 Å². The summed E-state index contributed by atoms with van der Waals surface area (Å²) < 4.78 is 10.5. The standard InChI is InChI=1S/C21H21N3O4/c1-23-10-19(25)24-17(8-4-5-13-11-27-12-28-13)20-15(9-18(24)21(23)26)14-6-2-3-7-16(14)22-20/h2-8,17-18,22H,9-12H2,1H3/t17-,18-/m1/s1. The number of hydrogen-bond donors (Lipinski definition) is 1. The topological polar surface area (TPSA) is 74.9 Å². The van der Waals surface area contributed by atoms with Gasteiger partial charge >= 0.3 is 0 Å². The van der Waals surface area contributed by atoms with E-state index in [1.165, 1.54) is 4.90 Å². The van der Waals surface area contributed by atoms with Crippen LogP contribution in [0.25, 0.3) is 10.9 Å². The third-order valence-corrected chi connectivity index (χ3v) is 5.64. The Hall–Kier alpha value is -3.06. The van der Waals surface area contributed by atoms with Crippen LogP contribution in [0.15, 0.2) is 48.3 Å². The number of amides is 2. The lowest BCUT2D eigenvalue weighted by atomic mass is 9.89. The second-order valence-electron chi connectivity index (χ2n) is 7.35. The molecule has 3 aliphatic rings. The van der Waals surface area contributed by atoms with E-state index in [9.17, 15) is 9.59 Å². The van der Waals surface area contributed by atoms with Crippen molar-refractivity contribution in [2.75, 3.05) is 27.0 Å². The number of aromatic nitrogens is 1. The van der Waals surface area contributed by atoms with Gasteiger partial charge in [-0.15, -0.1) is 0 Å². The number of hydrogen-bond acceptors (Lipinski definition) is 4. The number of nitrogens with one attached hydrogen (secondary N) is 1. The first kappa shape index (κ1) is 17.1. The van der Waals surface area contributed by atoms with Gasteiger partial charge in [-0.2, -0.15) is 0 Å². The number of piperazine rings is 1. The summed E-state index contributed by atoms with van der Waals surface area (Å²) >= 11 is 0. The van der Waals surface area contributed by atoms with Gasteiger partial charge in [-0.3, -0.25) is 9.59 Å². The van der Waals surface area contributed by atoms with Crippen LogP contribution in [0.1, 0.15) is 17.3 Å². The lowest BCUT2D eigenvalue weighted by Crippen LogP contribution is -2.61. The molecule has 3 aliphatic heterocycles. The first-order valence-corrected chi connectivity index (χ1v) is 9.37. The summed E-state index contributed by atoms with van der Waals surface area (Å²) in [4.78, 5) is 32.4. The summed E-state index contributed by atoms with van der Waals surface area (Å²) in [6, 6.07) is 7.25. The number of para-hydroxylation sites is 1. The summed E-state index contributed by atoms with van der Waals surface area (Å²) in [6.07, 6.45) is 6.20. The highest BCUT2D eigenvalue weighted by Gasteiger charge is 2.45. The van der Waals surface area contributed by atoms with Crippen molar-refractivity contribution in [2.24, 2.45) is 0 Å². The van der Waals surface area contributed by atoms with E-state index in [0.29, 0.717) is 13.0 Å². The Morgan fingerprint density at radius 3 is 2.93 bits per heavy atom. The van der Waals surface area contributed by atoms with Crippen LogP contribution in [0.2, 0.25) is 0 Å². The van der Waals surface area contributed by atoms with Gasteiger partial charge < -0.3 is 24.3 Å². The van der Waals surface area contributed by atoms with Gasteiger partial charge in [-0.25, -0.2) is 0 Å². The molecule has 7 nitrogen and oxygen atoms in total. The third-order valence-electron chi connectivity index (χ3n) is 5.64. The molecule has 0 aliphatic carbocycles. The largest absolute Gasteiger partial charge is 0.469 e. The number of benzene rings is 1. The van der Waals surface area contributed by atoms with Crippen LogP contribution in [-0.4, -0.2) is 59.6 Å². The maximum absolute atomic E-state index is 12.9. The van der Waals surface area contributed by atoms with Gasteiger partial charge in [0.15, 0.2) is 6.79 Å². The molecule has 1 N–H and O–H groups in total. The van der Waals surface area contributed by atoms with Crippen molar-refractivity contribution in [3.8, 4) is 0 Å². The zero-order valence-electron chi connectivity index (χ0n) is 15.6. The van der Waals surface area contributed by atoms with Crippen LogP contribution in [0, 0.1) is 0 Å². The Kier molecular flexibility index (Phi) is 3.98. The molecule has 4 heterocycles. The summed E-state index contributed by atoms with van der Waals surface area (Å²) in [5.41, 5.74) is 3.10. The van der Waals surface area contributed by atoms with Gasteiger partial charge in [-0.1, -0.05) is 30.4 Å². The summed E-state index contributed by atoms with van der Waals surface area (Å²) in [7, 11) is 1.69. The van der Waals surface area contributed by atoms with E-state index in [-0.39, 0.29) is 31.2 Å². The van der Waals surface area contributed by atoms with Crippen LogP contribution in [0.4, 0.5) is 0 Å². The van der Waals surface area contributed by atoms with E-state index >= 15 is 0 Å². The molecule has 0 saturated carbocycles. The van der Waals surface area contributed by atoms with Crippen molar-refractivity contribution in [1.29, 1.82) is 0 Å². The van der Waals surface area contributed by atoms with Crippen molar-refractivity contribution in [3.05, 3.63) is 59.5 Å². The van der Waals surface area contributed by atoms with Gasteiger partial charge in [0, 0.05) is 30.1 Å². The van der Waals surface area contributed by atoms with Crippen molar-refractivity contribution in [3.63, 3.8) is 0 Å². The molecule has 2 aromatic rings. The number of carbonyl (C=O) groups is 2.